The topological polar surface area (TPSA) is 59.6 Å². The molecule has 0 atom stereocenters. The summed E-state index contributed by atoms with van der Waals surface area (Å²) < 4.78 is 11.1. The molecule has 0 fully saturated rings. The molecule has 0 aliphatic carbocycles. The lowest BCUT2D eigenvalue weighted by Gasteiger charge is -2.15. The number of likely N-dealkylation sites (N-methyl/N-ethyl adjacent to an activating group) is 1. The number of rotatable bonds is 8. The second-order valence-corrected chi connectivity index (χ2v) is 3.92. The summed E-state index contributed by atoms with van der Waals surface area (Å²) >= 11 is 0. The monoisotopic (exact) mass is 266 g/mol. The van der Waals surface area contributed by atoms with Crippen LogP contribution in [0.3, 0.4) is 0 Å². The smallest absolute Gasteiger partial charge is 0.257 e. The maximum absolute atomic E-state index is 11.3. The highest BCUT2D eigenvalue weighted by Gasteiger charge is 2.12. The first-order chi connectivity index (χ1) is 9.22. The van der Waals surface area contributed by atoms with Crippen LogP contribution >= 0.6 is 0 Å². The Bertz CT molecular complexity index is 408. The number of carbonyl (C=O) groups excluding carboxylic acids is 1. The van der Waals surface area contributed by atoms with Crippen LogP contribution in [0.4, 0.5) is 0 Å². The number of para-hydroxylation sites is 1. The van der Waals surface area contributed by atoms with Crippen molar-refractivity contribution in [1.29, 1.82) is 0 Å². The van der Waals surface area contributed by atoms with Crippen LogP contribution in [0.15, 0.2) is 18.2 Å². The van der Waals surface area contributed by atoms with E-state index >= 15 is 0 Å². The minimum Gasteiger partial charge on any atom is -0.490 e. The van der Waals surface area contributed by atoms with Crippen LogP contribution in [0.25, 0.3) is 0 Å². The average Bonchev–Trinajstić information content (AvgIpc) is 2.43. The van der Waals surface area contributed by atoms with Crippen LogP contribution < -0.4 is 20.1 Å². The zero-order valence-corrected chi connectivity index (χ0v) is 11.8. The summed E-state index contributed by atoms with van der Waals surface area (Å²) in [5, 5.41) is 5.77. The lowest BCUT2D eigenvalue weighted by Crippen LogP contribution is -2.25. The fourth-order valence-corrected chi connectivity index (χ4v) is 1.60. The van der Waals surface area contributed by atoms with Gasteiger partial charge in [-0.25, -0.2) is 0 Å². The van der Waals surface area contributed by atoms with Crippen molar-refractivity contribution in [2.75, 3.05) is 26.8 Å². The van der Waals surface area contributed by atoms with Crippen molar-refractivity contribution in [1.82, 2.24) is 10.6 Å². The highest BCUT2D eigenvalue weighted by molar-refractivity contribution is 5.77. The van der Waals surface area contributed by atoms with Gasteiger partial charge in [0.25, 0.3) is 5.91 Å². The normalized spacial score (nSPS) is 10.1. The molecule has 0 unspecified atom stereocenters. The molecule has 19 heavy (non-hydrogen) atoms. The van der Waals surface area contributed by atoms with Gasteiger partial charge in [0.05, 0.1) is 6.61 Å². The minimum absolute atomic E-state index is 0.0142. The molecule has 1 aromatic rings. The van der Waals surface area contributed by atoms with E-state index in [1.54, 1.807) is 7.05 Å². The third-order valence-electron chi connectivity index (χ3n) is 2.55. The Labute approximate surface area is 114 Å². The zero-order chi connectivity index (χ0) is 14.1. The van der Waals surface area contributed by atoms with Crippen molar-refractivity contribution in [3.63, 3.8) is 0 Å². The summed E-state index contributed by atoms with van der Waals surface area (Å²) in [5.74, 6) is 1.14. The first-order valence-corrected chi connectivity index (χ1v) is 6.51. The molecule has 1 aromatic carbocycles. The molecule has 106 valence electrons. The van der Waals surface area contributed by atoms with Crippen molar-refractivity contribution in [3.05, 3.63) is 23.8 Å². The Morgan fingerprint density at radius 2 is 2.05 bits per heavy atom. The van der Waals surface area contributed by atoms with E-state index in [1.165, 1.54) is 0 Å². The molecular formula is C14H22N2O3. The van der Waals surface area contributed by atoms with Gasteiger partial charge in [0.1, 0.15) is 0 Å². The fourth-order valence-electron chi connectivity index (χ4n) is 1.60. The van der Waals surface area contributed by atoms with Crippen molar-refractivity contribution in [2.45, 2.75) is 20.4 Å². The molecule has 0 saturated carbocycles. The molecule has 5 nitrogen and oxygen atoms in total. The van der Waals surface area contributed by atoms with E-state index in [4.69, 9.17) is 9.47 Å². The molecule has 0 aliphatic heterocycles. The number of hydrogen-bond acceptors (Lipinski definition) is 4. The van der Waals surface area contributed by atoms with Gasteiger partial charge in [0.2, 0.25) is 0 Å². The average molecular weight is 266 g/mol. The summed E-state index contributed by atoms with van der Waals surface area (Å²) in [6, 6.07) is 5.73. The summed E-state index contributed by atoms with van der Waals surface area (Å²) in [4.78, 5) is 11.3. The number of ether oxygens (including phenoxy) is 2. The Morgan fingerprint density at radius 1 is 1.26 bits per heavy atom. The maximum Gasteiger partial charge on any atom is 0.257 e. The van der Waals surface area contributed by atoms with E-state index in [0.29, 0.717) is 24.7 Å². The SMILES string of the molecule is CCNCc1cccc(OCC)c1OCC(=O)NC. The van der Waals surface area contributed by atoms with Gasteiger partial charge < -0.3 is 20.1 Å². The van der Waals surface area contributed by atoms with Crippen molar-refractivity contribution in [3.8, 4) is 11.5 Å². The summed E-state index contributed by atoms with van der Waals surface area (Å²) in [5.41, 5.74) is 0.983. The fraction of sp³-hybridized carbons (Fsp3) is 0.500. The van der Waals surface area contributed by atoms with Gasteiger partial charge in [-0.1, -0.05) is 19.1 Å². The summed E-state index contributed by atoms with van der Waals surface area (Å²) in [6.07, 6.45) is 0. The Kier molecular flexibility index (Phi) is 6.74. The third-order valence-corrected chi connectivity index (χ3v) is 2.55. The number of benzene rings is 1. The van der Waals surface area contributed by atoms with Crippen molar-refractivity contribution < 1.29 is 14.3 Å². The second-order valence-electron chi connectivity index (χ2n) is 3.92. The zero-order valence-electron chi connectivity index (χ0n) is 11.8. The molecule has 1 rings (SSSR count). The lowest BCUT2D eigenvalue weighted by molar-refractivity contribution is -0.122. The van der Waals surface area contributed by atoms with Gasteiger partial charge in [-0.05, 0) is 19.5 Å². The molecular weight excluding hydrogens is 244 g/mol. The van der Waals surface area contributed by atoms with Crippen LogP contribution in [0, 0.1) is 0 Å². The molecule has 0 bridgehead atoms. The minimum atomic E-state index is -0.166. The van der Waals surface area contributed by atoms with Gasteiger partial charge in [0, 0.05) is 19.2 Å². The Balaban J connectivity index is 2.88. The molecule has 0 spiro atoms. The quantitative estimate of drug-likeness (QED) is 0.745. The third kappa shape index (κ3) is 4.79. The Morgan fingerprint density at radius 3 is 2.68 bits per heavy atom. The van der Waals surface area contributed by atoms with Crippen LogP contribution in [0.5, 0.6) is 11.5 Å². The van der Waals surface area contributed by atoms with Crippen molar-refractivity contribution in [2.24, 2.45) is 0 Å². The van der Waals surface area contributed by atoms with Crippen LogP contribution in [-0.2, 0) is 11.3 Å². The molecule has 0 heterocycles. The standard InChI is InChI=1S/C14H22N2O3/c1-4-16-9-11-7-6-8-12(18-5-2)14(11)19-10-13(17)15-3/h6-8,16H,4-5,9-10H2,1-3H3,(H,15,17). The van der Waals surface area contributed by atoms with Gasteiger partial charge in [-0.2, -0.15) is 0 Å². The molecule has 0 aromatic heterocycles. The summed E-state index contributed by atoms with van der Waals surface area (Å²) in [6.45, 7) is 6.05. The molecule has 0 saturated heterocycles. The molecule has 0 radical (unpaired) electrons. The van der Waals surface area contributed by atoms with E-state index in [0.717, 1.165) is 12.1 Å². The summed E-state index contributed by atoms with van der Waals surface area (Å²) in [7, 11) is 1.58. The predicted octanol–water partition coefficient (Wildman–Crippen LogP) is 1.32. The number of hydrogen-bond donors (Lipinski definition) is 2. The van der Waals surface area contributed by atoms with E-state index in [1.807, 2.05) is 32.0 Å². The number of amides is 1. The number of carbonyl (C=O) groups is 1. The van der Waals surface area contributed by atoms with E-state index < -0.39 is 0 Å². The van der Waals surface area contributed by atoms with E-state index in [2.05, 4.69) is 10.6 Å². The highest BCUT2D eigenvalue weighted by Crippen LogP contribution is 2.31. The molecule has 5 heteroatoms. The molecule has 0 aliphatic rings. The second kappa shape index (κ2) is 8.37. The molecule has 2 N–H and O–H groups in total. The lowest BCUT2D eigenvalue weighted by atomic mass is 10.2. The first-order valence-electron chi connectivity index (χ1n) is 6.51. The molecule has 1 amide bonds. The van der Waals surface area contributed by atoms with Gasteiger partial charge in [-0.15, -0.1) is 0 Å². The van der Waals surface area contributed by atoms with Gasteiger partial charge in [0.15, 0.2) is 18.1 Å². The van der Waals surface area contributed by atoms with E-state index in [-0.39, 0.29) is 12.5 Å². The van der Waals surface area contributed by atoms with Crippen LogP contribution in [-0.4, -0.2) is 32.7 Å². The predicted molar refractivity (Wildman–Crippen MR) is 74.6 cm³/mol. The largest absolute Gasteiger partial charge is 0.490 e. The van der Waals surface area contributed by atoms with Crippen LogP contribution in [0.1, 0.15) is 19.4 Å². The van der Waals surface area contributed by atoms with Crippen LogP contribution in [0.2, 0.25) is 0 Å². The van der Waals surface area contributed by atoms with Crippen molar-refractivity contribution >= 4 is 5.91 Å². The number of nitrogens with one attached hydrogen (secondary N) is 2. The first kappa shape index (κ1) is 15.3. The van der Waals surface area contributed by atoms with Gasteiger partial charge in [-0.3, -0.25) is 4.79 Å². The van der Waals surface area contributed by atoms with Gasteiger partial charge >= 0.3 is 0 Å². The maximum atomic E-state index is 11.3. The Hall–Kier alpha value is -1.75. The highest BCUT2D eigenvalue weighted by atomic mass is 16.5. The van der Waals surface area contributed by atoms with E-state index in [9.17, 15) is 4.79 Å².